The molecule has 1 amide bonds. The fourth-order valence-electron chi connectivity index (χ4n) is 3.74. The minimum Gasteiger partial charge on any atom is -0.336 e. The Kier molecular flexibility index (Phi) is 5.15. The first kappa shape index (κ1) is 17.7. The van der Waals surface area contributed by atoms with E-state index in [1.807, 2.05) is 29.6 Å². The van der Waals surface area contributed by atoms with Crippen molar-refractivity contribution in [1.29, 1.82) is 0 Å². The van der Waals surface area contributed by atoms with Crippen LogP contribution in [0.4, 0.5) is 0 Å². The van der Waals surface area contributed by atoms with E-state index in [-0.39, 0.29) is 18.3 Å². The number of rotatable bonds is 2. The zero-order chi connectivity index (χ0) is 16.0. The van der Waals surface area contributed by atoms with Crippen molar-refractivity contribution in [3.05, 3.63) is 16.6 Å². The lowest BCUT2D eigenvalue weighted by molar-refractivity contribution is 0.0778. The van der Waals surface area contributed by atoms with Crippen molar-refractivity contribution in [3.63, 3.8) is 0 Å². The van der Waals surface area contributed by atoms with Gasteiger partial charge in [0.15, 0.2) is 0 Å². The van der Waals surface area contributed by atoms with E-state index in [0.29, 0.717) is 6.04 Å². The average molecular weight is 370 g/mol. The molecule has 4 rings (SSSR count). The Balaban J connectivity index is 0.00000169. The molecule has 0 aromatic carbocycles. The summed E-state index contributed by atoms with van der Waals surface area (Å²) in [6.07, 6.45) is 1.09. The van der Waals surface area contributed by atoms with Gasteiger partial charge in [-0.1, -0.05) is 0 Å². The van der Waals surface area contributed by atoms with Crippen LogP contribution < -0.4 is 5.32 Å². The van der Waals surface area contributed by atoms with E-state index < -0.39 is 0 Å². The maximum atomic E-state index is 12.8. The lowest BCUT2D eigenvalue weighted by Crippen LogP contribution is -2.49. The Hall–Kier alpha value is -1.15. The van der Waals surface area contributed by atoms with Gasteiger partial charge in [0.2, 0.25) is 0 Å². The number of aryl methyl sites for hydroxylation is 2. The summed E-state index contributed by atoms with van der Waals surface area (Å²) < 4.78 is 1.87. The van der Waals surface area contributed by atoms with Gasteiger partial charge in [-0.25, -0.2) is 0 Å². The van der Waals surface area contributed by atoms with Crippen LogP contribution in [0.5, 0.6) is 0 Å². The summed E-state index contributed by atoms with van der Waals surface area (Å²) in [5, 5.41) is 8.91. The fourth-order valence-corrected chi connectivity index (χ4v) is 4.83. The third kappa shape index (κ3) is 3.06. The first-order valence-corrected chi connectivity index (χ1v) is 9.12. The van der Waals surface area contributed by atoms with Gasteiger partial charge in [0.25, 0.3) is 5.91 Å². The van der Waals surface area contributed by atoms with Crippen LogP contribution in [0.15, 0.2) is 6.07 Å². The number of amides is 1. The molecule has 0 bridgehead atoms. The second-order valence-corrected chi connectivity index (χ2v) is 7.55. The summed E-state index contributed by atoms with van der Waals surface area (Å²) in [7, 11) is 1.94. The first-order chi connectivity index (χ1) is 11.1. The Labute approximate surface area is 152 Å². The van der Waals surface area contributed by atoms with Crippen molar-refractivity contribution < 1.29 is 4.79 Å². The molecule has 0 spiro atoms. The molecule has 2 aromatic rings. The van der Waals surface area contributed by atoms with E-state index >= 15 is 0 Å². The lowest BCUT2D eigenvalue weighted by Gasteiger charge is -2.32. The molecule has 24 heavy (non-hydrogen) atoms. The Morgan fingerprint density at radius 1 is 1.33 bits per heavy atom. The van der Waals surface area contributed by atoms with Gasteiger partial charge in [-0.2, -0.15) is 5.10 Å². The predicted octanol–water partition coefficient (Wildman–Crippen LogP) is 1.48. The van der Waals surface area contributed by atoms with E-state index in [9.17, 15) is 4.79 Å². The molecule has 8 heteroatoms. The summed E-state index contributed by atoms with van der Waals surface area (Å²) in [6, 6.07) is 2.54. The molecule has 2 aromatic heterocycles. The van der Waals surface area contributed by atoms with Crippen molar-refractivity contribution in [3.8, 4) is 0 Å². The Morgan fingerprint density at radius 3 is 2.79 bits per heavy atom. The third-order valence-corrected chi connectivity index (χ3v) is 6.22. The number of nitrogens with zero attached hydrogens (tertiary/aromatic N) is 4. The van der Waals surface area contributed by atoms with E-state index in [4.69, 9.17) is 0 Å². The summed E-state index contributed by atoms with van der Waals surface area (Å²) >= 11 is 1.56. The standard InChI is InChI=1S/C16H23N5OS.ClH/c1-11-13-9-14(23-16(13)19(2)18-11)15(22)21-6-3-12(10-21)20-7-4-17-5-8-20;/h9,12,17H,3-8,10H2,1-2H3;1H. The highest BCUT2D eigenvalue weighted by Crippen LogP contribution is 2.29. The van der Waals surface area contributed by atoms with Crippen molar-refractivity contribution in [2.45, 2.75) is 19.4 Å². The SMILES string of the molecule is Cc1nn(C)c2sc(C(=O)N3CCC(N4CCNCC4)C3)cc12.Cl. The summed E-state index contributed by atoms with van der Waals surface area (Å²) in [6.45, 7) is 8.06. The topological polar surface area (TPSA) is 53.4 Å². The molecular weight excluding hydrogens is 346 g/mol. The second kappa shape index (κ2) is 7.00. The molecule has 1 atom stereocenters. The molecular formula is C16H24ClN5OS. The number of nitrogens with one attached hydrogen (secondary N) is 1. The number of halogens is 1. The third-order valence-electron chi connectivity index (χ3n) is 5.03. The van der Waals surface area contributed by atoms with Gasteiger partial charge in [0, 0.05) is 57.7 Å². The number of fused-ring (bicyclic) bond motifs is 1. The number of thiophene rings is 1. The maximum absolute atomic E-state index is 12.8. The largest absolute Gasteiger partial charge is 0.336 e. The molecule has 2 aliphatic rings. The molecule has 6 nitrogen and oxygen atoms in total. The van der Waals surface area contributed by atoms with Gasteiger partial charge in [-0.15, -0.1) is 23.7 Å². The van der Waals surface area contributed by atoms with Crippen molar-refractivity contribution in [2.24, 2.45) is 7.05 Å². The quantitative estimate of drug-likeness (QED) is 0.871. The van der Waals surface area contributed by atoms with Gasteiger partial charge in [-0.05, 0) is 19.4 Å². The zero-order valence-corrected chi connectivity index (χ0v) is 15.8. The maximum Gasteiger partial charge on any atom is 0.264 e. The molecule has 1 unspecified atom stereocenters. The number of hydrogen-bond acceptors (Lipinski definition) is 5. The van der Waals surface area contributed by atoms with Crippen LogP contribution in [0, 0.1) is 6.92 Å². The molecule has 2 fully saturated rings. The number of piperazine rings is 1. The highest BCUT2D eigenvalue weighted by Gasteiger charge is 2.32. The molecule has 0 saturated carbocycles. The molecule has 0 radical (unpaired) electrons. The van der Waals surface area contributed by atoms with E-state index in [0.717, 1.165) is 66.5 Å². The second-order valence-electron chi connectivity index (χ2n) is 6.52. The summed E-state index contributed by atoms with van der Waals surface area (Å²) in [5.74, 6) is 0.184. The van der Waals surface area contributed by atoms with Crippen LogP contribution in [0.3, 0.4) is 0 Å². The fraction of sp³-hybridized carbons (Fsp3) is 0.625. The van der Waals surface area contributed by atoms with E-state index in [1.54, 1.807) is 11.3 Å². The minimum atomic E-state index is 0. The highest BCUT2D eigenvalue weighted by atomic mass is 35.5. The number of hydrogen-bond donors (Lipinski definition) is 1. The van der Waals surface area contributed by atoms with E-state index in [1.165, 1.54) is 0 Å². The Bertz CT molecular complexity index is 702. The number of aromatic nitrogens is 2. The van der Waals surface area contributed by atoms with Crippen LogP contribution >= 0.6 is 23.7 Å². The van der Waals surface area contributed by atoms with Gasteiger partial charge in [-0.3, -0.25) is 14.4 Å². The van der Waals surface area contributed by atoms with Crippen LogP contribution in [-0.2, 0) is 7.05 Å². The Morgan fingerprint density at radius 2 is 2.08 bits per heavy atom. The van der Waals surface area contributed by atoms with Crippen molar-refractivity contribution >= 4 is 39.9 Å². The predicted molar refractivity (Wildman–Crippen MR) is 99.3 cm³/mol. The van der Waals surface area contributed by atoms with Crippen LogP contribution in [-0.4, -0.2) is 70.8 Å². The lowest BCUT2D eigenvalue weighted by atomic mass is 10.2. The smallest absolute Gasteiger partial charge is 0.264 e. The number of carbonyl (C=O) groups excluding carboxylic acids is 1. The van der Waals surface area contributed by atoms with Crippen LogP contribution in [0.2, 0.25) is 0 Å². The van der Waals surface area contributed by atoms with Gasteiger partial charge >= 0.3 is 0 Å². The van der Waals surface area contributed by atoms with Gasteiger partial charge in [0.05, 0.1) is 10.6 Å². The highest BCUT2D eigenvalue weighted by molar-refractivity contribution is 7.20. The summed E-state index contributed by atoms with van der Waals surface area (Å²) in [4.78, 5) is 19.3. The molecule has 1 N–H and O–H groups in total. The van der Waals surface area contributed by atoms with Crippen molar-refractivity contribution in [2.75, 3.05) is 39.3 Å². The van der Waals surface area contributed by atoms with Crippen molar-refractivity contribution in [1.82, 2.24) is 24.9 Å². The molecule has 2 aliphatic heterocycles. The average Bonchev–Trinajstić information content (AvgIpc) is 3.26. The van der Waals surface area contributed by atoms with E-state index in [2.05, 4.69) is 15.3 Å². The van der Waals surface area contributed by atoms with Gasteiger partial charge < -0.3 is 10.2 Å². The molecule has 132 valence electrons. The molecule has 4 heterocycles. The molecule has 0 aliphatic carbocycles. The number of carbonyl (C=O) groups is 1. The van der Waals surface area contributed by atoms with Crippen LogP contribution in [0.25, 0.3) is 10.2 Å². The normalized spacial score (nSPS) is 22.1. The van der Waals surface area contributed by atoms with Gasteiger partial charge in [0.1, 0.15) is 4.83 Å². The van der Waals surface area contributed by atoms with Crippen LogP contribution in [0.1, 0.15) is 21.8 Å². The number of likely N-dealkylation sites (tertiary alicyclic amines) is 1. The minimum absolute atomic E-state index is 0. The molecule has 2 saturated heterocycles. The monoisotopic (exact) mass is 369 g/mol. The zero-order valence-electron chi connectivity index (χ0n) is 14.1. The first-order valence-electron chi connectivity index (χ1n) is 8.30. The summed E-state index contributed by atoms with van der Waals surface area (Å²) in [5.41, 5.74) is 0.998.